The van der Waals surface area contributed by atoms with E-state index in [0.717, 1.165) is 22.6 Å². The van der Waals surface area contributed by atoms with Crippen LogP contribution in [0.2, 0.25) is 0 Å². The van der Waals surface area contributed by atoms with Crippen LogP contribution in [0.1, 0.15) is 36.3 Å². The van der Waals surface area contributed by atoms with Crippen molar-refractivity contribution in [2.24, 2.45) is 0 Å². The SMILES string of the molecule is Cc1nn([C@H]2CCS(=O)(=O)C2)c(C)c1CN(C)[C@@H](C)C(=O)N(C)c1ccccc1. The van der Waals surface area contributed by atoms with Crippen LogP contribution in [0.4, 0.5) is 5.69 Å². The molecule has 1 fully saturated rings. The summed E-state index contributed by atoms with van der Waals surface area (Å²) in [6.45, 7) is 6.41. The standard InChI is InChI=1S/C21H30N4O3S/c1-15-20(16(2)25(22-15)19-11-12-29(27,28)14-19)13-23(4)17(3)21(26)24(5)18-9-7-6-8-10-18/h6-10,17,19H,11-14H2,1-5H3/t17-,19-/m0/s1. The Morgan fingerprint density at radius 3 is 2.48 bits per heavy atom. The maximum atomic E-state index is 12.9. The lowest BCUT2D eigenvalue weighted by Gasteiger charge is -2.28. The van der Waals surface area contributed by atoms with Crippen molar-refractivity contribution in [3.05, 3.63) is 47.3 Å². The number of rotatable bonds is 6. The molecule has 1 amide bonds. The fraction of sp³-hybridized carbons (Fsp3) is 0.524. The van der Waals surface area contributed by atoms with Crippen LogP contribution < -0.4 is 4.90 Å². The average molecular weight is 419 g/mol. The number of benzene rings is 1. The van der Waals surface area contributed by atoms with Crippen LogP contribution in [0, 0.1) is 13.8 Å². The van der Waals surface area contributed by atoms with Crippen molar-refractivity contribution in [2.75, 3.05) is 30.5 Å². The van der Waals surface area contributed by atoms with Crippen LogP contribution in [-0.2, 0) is 21.2 Å². The van der Waals surface area contributed by atoms with Gasteiger partial charge < -0.3 is 4.90 Å². The highest BCUT2D eigenvalue weighted by atomic mass is 32.2. The number of sulfone groups is 1. The first kappa shape index (κ1) is 21.5. The van der Waals surface area contributed by atoms with Gasteiger partial charge in [0.1, 0.15) is 0 Å². The van der Waals surface area contributed by atoms with Crippen LogP contribution in [0.3, 0.4) is 0 Å². The van der Waals surface area contributed by atoms with Gasteiger partial charge >= 0.3 is 0 Å². The number of likely N-dealkylation sites (N-methyl/N-ethyl adjacent to an activating group) is 2. The summed E-state index contributed by atoms with van der Waals surface area (Å²) < 4.78 is 25.6. The molecule has 3 rings (SSSR count). The van der Waals surface area contributed by atoms with Crippen LogP contribution in [-0.4, -0.2) is 60.6 Å². The molecule has 0 spiro atoms. The fourth-order valence-electron chi connectivity index (χ4n) is 3.88. The molecule has 7 nitrogen and oxygen atoms in total. The second kappa shape index (κ2) is 8.28. The average Bonchev–Trinajstić information content (AvgIpc) is 3.20. The Bertz CT molecular complexity index is 985. The Balaban J connectivity index is 1.73. The van der Waals surface area contributed by atoms with Gasteiger partial charge in [-0.2, -0.15) is 5.10 Å². The topological polar surface area (TPSA) is 75.5 Å². The summed E-state index contributed by atoms with van der Waals surface area (Å²) in [5, 5.41) is 4.63. The van der Waals surface area contributed by atoms with Crippen molar-refractivity contribution >= 4 is 21.4 Å². The highest BCUT2D eigenvalue weighted by molar-refractivity contribution is 7.91. The number of para-hydroxylation sites is 1. The van der Waals surface area contributed by atoms with Gasteiger partial charge in [-0.15, -0.1) is 0 Å². The lowest BCUT2D eigenvalue weighted by atomic mass is 10.1. The zero-order chi connectivity index (χ0) is 21.3. The molecule has 2 atom stereocenters. The smallest absolute Gasteiger partial charge is 0.243 e. The predicted octanol–water partition coefficient (Wildman–Crippen LogP) is 2.34. The first-order valence-electron chi connectivity index (χ1n) is 9.88. The van der Waals surface area contributed by atoms with E-state index in [1.807, 2.05) is 67.7 Å². The van der Waals surface area contributed by atoms with Gasteiger partial charge in [-0.3, -0.25) is 14.4 Å². The summed E-state index contributed by atoms with van der Waals surface area (Å²) in [5.74, 6) is 0.396. The normalized spacial score (nSPS) is 19.4. The number of hydrogen-bond donors (Lipinski definition) is 0. The van der Waals surface area contributed by atoms with Gasteiger partial charge in [0.05, 0.1) is 29.3 Å². The molecule has 0 unspecified atom stereocenters. The Morgan fingerprint density at radius 2 is 1.90 bits per heavy atom. The van der Waals surface area contributed by atoms with Gasteiger partial charge in [-0.1, -0.05) is 18.2 Å². The molecule has 0 aliphatic carbocycles. The van der Waals surface area contributed by atoms with Crippen LogP contribution in [0.15, 0.2) is 30.3 Å². The third-order valence-corrected chi connectivity index (χ3v) is 7.68. The molecule has 0 saturated carbocycles. The van der Waals surface area contributed by atoms with Crippen molar-refractivity contribution in [3.8, 4) is 0 Å². The number of carbonyl (C=O) groups excluding carboxylic acids is 1. The van der Waals surface area contributed by atoms with Crippen molar-refractivity contribution in [1.82, 2.24) is 14.7 Å². The van der Waals surface area contributed by atoms with E-state index in [0.29, 0.717) is 13.0 Å². The zero-order valence-corrected chi connectivity index (χ0v) is 18.6. The first-order chi connectivity index (χ1) is 13.6. The Kier molecular flexibility index (Phi) is 6.14. The van der Waals surface area contributed by atoms with E-state index < -0.39 is 9.84 Å². The second-order valence-corrected chi connectivity index (χ2v) is 10.2. The molecule has 0 N–H and O–H groups in total. The maximum absolute atomic E-state index is 12.9. The van der Waals surface area contributed by atoms with Gasteiger partial charge in [-0.05, 0) is 46.4 Å². The number of hydrogen-bond acceptors (Lipinski definition) is 5. The molecule has 0 bridgehead atoms. The van der Waals surface area contributed by atoms with Crippen molar-refractivity contribution < 1.29 is 13.2 Å². The summed E-state index contributed by atoms with van der Waals surface area (Å²) in [6, 6.07) is 9.18. The Hall–Kier alpha value is -2.19. The van der Waals surface area contributed by atoms with Crippen LogP contribution in [0.5, 0.6) is 0 Å². The molecule has 2 heterocycles. The van der Waals surface area contributed by atoms with E-state index in [1.165, 1.54) is 0 Å². The largest absolute Gasteiger partial charge is 0.314 e. The van der Waals surface area contributed by atoms with Crippen LogP contribution >= 0.6 is 0 Å². The number of carbonyl (C=O) groups is 1. The molecule has 1 aromatic heterocycles. The molecule has 1 aliphatic rings. The molecule has 158 valence electrons. The van der Waals surface area contributed by atoms with Gasteiger partial charge in [0.15, 0.2) is 9.84 Å². The Morgan fingerprint density at radius 1 is 1.24 bits per heavy atom. The molecular weight excluding hydrogens is 388 g/mol. The lowest BCUT2D eigenvalue weighted by molar-refractivity contribution is -0.122. The minimum atomic E-state index is -2.97. The van der Waals surface area contributed by atoms with E-state index in [9.17, 15) is 13.2 Å². The number of amides is 1. The van der Waals surface area contributed by atoms with E-state index in [4.69, 9.17) is 0 Å². The monoisotopic (exact) mass is 418 g/mol. The number of aryl methyl sites for hydroxylation is 1. The summed E-state index contributed by atoms with van der Waals surface area (Å²) in [5.41, 5.74) is 3.78. The molecule has 1 aliphatic heterocycles. The molecule has 2 aromatic rings. The predicted molar refractivity (Wildman–Crippen MR) is 115 cm³/mol. The summed E-state index contributed by atoms with van der Waals surface area (Å²) in [4.78, 5) is 16.6. The highest BCUT2D eigenvalue weighted by Crippen LogP contribution is 2.27. The van der Waals surface area contributed by atoms with Crippen molar-refractivity contribution in [3.63, 3.8) is 0 Å². The minimum Gasteiger partial charge on any atom is -0.314 e. The summed E-state index contributed by atoms with van der Waals surface area (Å²) in [6.07, 6.45) is 0.607. The van der Waals surface area contributed by atoms with Crippen LogP contribution in [0.25, 0.3) is 0 Å². The first-order valence-corrected chi connectivity index (χ1v) is 11.7. The van der Waals surface area contributed by atoms with Gasteiger partial charge in [0.25, 0.3) is 0 Å². The highest BCUT2D eigenvalue weighted by Gasteiger charge is 2.32. The number of anilines is 1. The van der Waals surface area contributed by atoms with E-state index >= 15 is 0 Å². The maximum Gasteiger partial charge on any atom is 0.243 e. The van der Waals surface area contributed by atoms with E-state index in [1.54, 1.807) is 11.9 Å². The third kappa shape index (κ3) is 4.53. The van der Waals surface area contributed by atoms with Gasteiger partial charge in [0, 0.05) is 30.5 Å². The van der Waals surface area contributed by atoms with E-state index in [-0.39, 0.29) is 29.5 Å². The van der Waals surface area contributed by atoms with Crippen molar-refractivity contribution in [2.45, 2.75) is 45.8 Å². The van der Waals surface area contributed by atoms with Gasteiger partial charge in [-0.25, -0.2) is 8.42 Å². The molecular formula is C21H30N4O3S. The lowest BCUT2D eigenvalue weighted by Crippen LogP contribution is -2.44. The molecule has 29 heavy (non-hydrogen) atoms. The number of aromatic nitrogens is 2. The minimum absolute atomic E-state index is 0.0169. The quantitative estimate of drug-likeness (QED) is 0.720. The second-order valence-electron chi connectivity index (χ2n) is 7.97. The molecule has 1 saturated heterocycles. The fourth-order valence-corrected chi connectivity index (χ4v) is 5.58. The summed E-state index contributed by atoms with van der Waals surface area (Å²) in [7, 11) is 0.748. The molecule has 0 radical (unpaired) electrons. The molecule has 8 heteroatoms. The zero-order valence-electron chi connectivity index (χ0n) is 17.8. The molecule has 1 aromatic carbocycles. The Labute approximate surface area is 173 Å². The third-order valence-electron chi connectivity index (χ3n) is 5.93. The number of nitrogens with zero attached hydrogens (tertiary/aromatic N) is 4. The summed E-state index contributed by atoms with van der Waals surface area (Å²) >= 11 is 0. The van der Waals surface area contributed by atoms with Crippen molar-refractivity contribution in [1.29, 1.82) is 0 Å². The van der Waals surface area contributed by atoms with Gasteiger partial charge in [0.2, 0.25) is 5.91 Å². The van der Waals surface area contributed by atoms with E-state index in [2.05, 4.69) is 5.10 Å².